The van der Waals surface area contributed by atoms with Gasteiger partial charge < -0.3 is 15.4 Å². The summed E-state index contributed by atoms with van der Waals surface area (Å²) in [7, 11) is 3.72. The summed E-state index contributed by atoms with van der Waals surface area (Å²) in [5.74, 6) is 1.71. The Kier molecular flexibility index (Phi) is 4.46. The molecule has 0 fully saturated rings. The van der Waals surface area contributed by atoms with Gasteiger partial charge in [-0.2, -0.15) is 5.10 Å². The fourth-order valence-electron chi connectivity index (χ4n) is 3.04. The van der Waals surface area contributed by atoms with Crippen LogP contribution in [0.25, 0.3) is 0 Å². The minimum Gasteiger partial charge on any atom is -0.487 e. The molecule has 1 aromatic carbocycles. The molecule has 0 aliphatic carbocycles. The Morgan fingerprint density at radius 2 is 2.17 bits per heavy atom. The Hall–Kier alpha value is -2.50. The van der Waals surface area contributed by atoms with Crippen LogP contribution in [0.4, 0.5) is 0 Å². The molecule has 1 aliphatic heterocycles. The first-order valence-electron chi connectivity index (χ1n) is 8.20. The molecule has 0 saturated carbocycles. The van der Waals surface area contributed by atoms with E-state index in [1.165, 1.54) is 5.56 Å². The van der Waals surface area contributed by atoms with Crippen molar-refractivity contribution >= 4 is 5.96 Å². The van der Waals surface area contributed by atoms with Crippen LogP contribution in [-0.4, -0.2) is 28.4 Å². The molecule has 2 aromatic rings. The quantitative estimate of drug-likeness (QED) is 0.671. The summed E-state index contributed by atoms with van der Waals surface area (Å²) >= 11 is 0. The molecule has 6 heteroatoms. The first-order chi connectivity index (χ1) is 11.5. The third-order valence-corrected chi connectivity index (χ3v) is 4.27. The summed E-state index contributed by atoms with van der Waals surface area (Å²) in [4.78, 5) is 4.36. The van der Waals surface area contributed by atoms with E-state index in [2.05, 4.69) is 40.6 Å². The molecule has 0 saturated heterocycles. The molecular weight excluding hydrogens is 302 g/mol. The summed E-state index contributed by atoms with van der Waals surface area (Å²) in [6.07, 6.45) is 2.67. The van der Waals surface area contributed by atoms with E-state index < -0.39 is 0 Å². The minimum atomic E-state index is -0.215. The summed E-state index contributed by atoms with van der Waals surface area (Å²) in [5, 5.41) is 11.1. The SMILES string of the molecule is CN=C(NCc1ccnn1C)NC1CC(C)(C)Oc2ccccc21. The van der Waals surface area contributed by atoms with Crippen molar-refractivity contribution in [1.82, 2.24) is 20.4 Å². The van der Waals surface area contributed by atoms with Gasteiger partial charge in [0.05, 0.1) is 18.3 Å². The molecule has 3 rings (SSSR count). The van der Waals surface area contributed by atoms with Crippen molar-refractivity contribution in [3.8, 4) is 5.75 Å². The molecule has 0 spiro atoms. The van der Waals surface area contributed by atoms with E-state index in [9.17, 15) is 0 Å². The molecule has 0 amide bonds. The third-order valence-electron chi connectivity index (χ3n) is 4.27. The van der Waals surface area contributed by atoms with Gasteiger partial charge in [-0.15, -0.1) is 0 Å². The topological polar surface area (TPSA) is 63.5 Å². The lowest BCUT2D eigenvalue weighted by Gasteiger charge is -2.38. The summed E-state index contributed by atoms with van der Waals surface area (Å²) in [5.41, 5.74) is 2.05. The van der Waals surface area contributed by atoms with Crippen LogP contribution >= 0.6 is 0 Å². The van der Waals surface area contributed by atoms with Gasteiger partial charge >= 0.3 is 0 Å². The zero-order chi connectivity index (χ0) is 17.2. The Balaban J connectivity index is 1.72. The minimum absolute atomic E-state index is 0.155. The number of nitrogens with one attached hydrogen (secondary N) is 2. The number of benzene rings is 1. The van der Waals surface area contributed by atoms with E-state index in [1.807, 2.05) is 36.0 Å². The van der Waals surface area contributed by atoms with Crippen LogP contribution in [0.5, 0.6) is 5.75 Å². The number of aryl methyl sites for hydroxylation is 1. The Morgan fingerprint density at radius 3 is 2.88 bits per heavy atom. The van der Waals surface area contributed by atoms with Crippen molar-refractivity contribution in [3.05, 3.63) is 47.8 Å². The number of para-hydroxylation sites is 1. The first kappa shape index (κ1) is 16.4. The van der Waals surface area contributed by atoms with Crippen LogP contribution in [0.15, 0.2) is 41.5 Å². The lowest BCUT2D eigenvalue weighted by Crippen LogP contribution is -2.45. The molecule has 6 nitrogen and oxygen atoms in total. The molecule has 1 atom stereocenters. The number of ether oxygens (including phenoxy) is 1. The van der Waals surface area contributed by atoms with Gasteiger partial charge in [-0.25, -0.2) is 0 Å². The zero-order valence-corrected chi connectivity index (χ0v) is 14.7. The molecule has 128 valence electrons. The number of guanidine groups is 1. The number of aromatic nitrogens is 2. The number of hydrogen-bond acceptors (Lipinski definition) is 3. The van der Waals surface area contributed by atoms with Crippen LogP contribution < -0.4 is 15.4 Å². The summed E-state index contributed by atoms with van der Waals surface area (Å²) in [6.45, 7) is 4.90. The molecule has 2 heterocycles. The monoisotopic (exact) mass is 327 g/mol. The van der Waals surface area contributed by atoms with E-state index in [0.29, 0.717) is 6.54 Å². The molecule has 24 heavy (non-hydrogen) atoms. The van der Waals surface area contributed by atoms with Crippen molar-refractivity contribution in [3.63, 3.8) is 0 Å². The molecule has 1 aliphatic rings. The van der Waals surface area contributed by atoms with Crippen LogP contribution in [0.3, 0.4) is 0 Å². The van der Waals surface area contributed by atoms with Crippen molar-refractivity contribution in [2.75, 3.05) is 7.05 Å². The fraction of sp³-hybridized carbons (Fsp3) is 0.444. The van der Waals surface area contributed by atoms with Gasteiger partial charge in [0, 0.05) is 32.3 Å². The third kappa shape index (κ3) is 3.53. The van der Waals surface area contributed by atoms with E-state index in [4.69, 9.17) is 4.74 Å². The predicted octanol–water partition coefficient (Wildman–Crippen LogP) is 2.39. The normalized spacial score (nSPS) is 19.3. The van der Waals surface area contributed by atoms with E-state index in [1.54, 1.807) is 13.2 Å². The maximum atomic E-state index is 6.09. The highest BCUT2D eigenvalue weighted by Crippen LogP contribution is 2.39. The predicted molar refractivity (Wildman–Crippen MR) is 95.0 cm³/mol. The van der Waals surface area contributed by atoms with Crippen molar-refractivity contribution in [2.24, 2.45) is 12.0 Å². The maximum Gasteiger partial charge on any atom is 0.191 e. The number of fused-ring (bicyclic) bond motifs is 1. The van der Waals surface area contributed by atoms with E-state index in [0.717, 1.165) is 23.8 Å². The van der Waals surface area contributed by atoms with Gasteiger partial charge in [0.15, 0.2) is 5.96 Å². The average molecular weight is 327 g/mol. The zero-order valence-electron chi connectivity index (χ0n) is 14.7. The summed E-state index contributed by atoms with van der Waals surface area (Å²) in [6, 6.07) is 10.3. The van der Waals surface area contributed by atoms with Crippen molar-refractivity contribution in [1.29, 1.82) is 0 Å². The number of aliphatic imine (C=N–C) groups is 1. The second-order valence-electron chi connectivity index (χ2n) is 6.67. The fourth-order valence-corrected chi connectivity index (χ4v) is 3.04. The smallest absolute Gasteiger partial charge is 0.191 e. The maximum absolute atomic E-state index is 6.09. The van der Waals surface area contributed by atoms with Gasteiger partial charge in [-0.05, 0) is 26.0 Å². The van der Waals surface area contributed by atoms with Crippen molar-refractivity contribution < 1.29 is 4.74 Å². The van der Waals surface area contributed by atoms with Crippen LogP contribution in [0, 0.1) is 0 Å². The highest BCUT2D eigenvalue weighted by Gasteiger charge is 2.33. The van der Waals surface area contributed by atoms with Crippen LogP contribution in [-0.2, 0) is 13.6 Å². The lowest BCUT2D eigenvalue weighted by molar-refractivity contribution is 0.0694. The second kappa shape index (κ2) is 6.55. The van der Waals surface area contributed by atoms with E-state index in [-0.39, 0.29) is 11.6 Å². The highest BCUT2D eigenvalue weighted by atomic mass is 16.5. The molecule has 1 aromatic heterocycles. The molecule has 0 radical (unpaired) electrons. The van der Waals surface area contributed by atoms with E-state index >= 15 is 0 Å². The van der Waals surface area contributed by atoms with Gasteiger partial charge in [0.1, 0.15) is 11.4 Å². The first-order valence-corrected chi connectivity index (χ1v) is 8.20. The van der Waals surface area contributed by atoms with Crippen LogP contribution in [0.1, 0.15) is 37.6 Å². The molecular formula is C18H25N5O. The number of hydrogen-bond donors (Lipinski definition) is 2. The van der Waals surface area contributed by atoms with Crippen molar-refractivity contribution in [2.45, 2.75) is 38.5 Å². The highest BCUT2D eigenvalue weighted by molar-refractivity contribution is 5.80. The standard InChI is InChI=1S/C18H25N5O/c1-18(2)11-15(14-7-5-6-8-16(14)24-18)22-17(19-3)20-12-13-9-10-21-23(13)4/h5-10,15H,11-12H2,1-4H3,(H2,19,20,22). The summed E-state index contributed by atoms with van der Waals surface area (Å²) < 4.78 is 7.94. The Morgan fingerprint density at radius 1 is 1.38 bits per heavy atom. The Labute approximate surface area is 142 Å². The molecule has 2 N–H and O–H groups in total. The van der Waals surface area contributed by atoms with Gasteiger partial charge in [-0.3, -0.25) is 9.67 Å². The molecule has 0 bridgehead atoms. The lowest BCUT2D eigenvalue weighted by atomic mass is 9.90. The number of nitrogens with zero attached hydrogens (tertiary/aromatic N) is 3. The van der Waals surface area contributed by atoms with Gasteiger partial charge in [0.2, 0.25) is 0 Å². The van der Waals surface area contributed by atoms with Gasteiger partial charge in [0.25, 0.3) is 0 Å². The molecule has 1 unspecified atom stereocenters. The number of rotatable bonds is 3. The Bertz CT molecular complexity index is 735. The van der Waals surface area contributed by atoms with Crippen LogP contribution in [0.2, 0.25) is 0 Å². The van der Waals surface area contributed by atoms with Gasteiger partial charge in [-0.1, -0.05) is 18.2 Å². The average Bonchev–Trinajstić information content (AvgIpc) is 2.95. The second-order valence-corrected chi connectivity index (χ2v) is 6.67. The largest absolute Gasteiger partial charge is 0.487 e.